The summed E-state index contributed by atoms with van der Waals surface area (Å²) in [5, 5.41) is 0. The Labute approximate surface area is 134 Å². The van der Waals surface area contributed by atoms with E-state index in [0.29, 0.717) is 0 Å². The monoisotopic (exact) mass is 339 g/mol. The standard InChI is InChI=1S/C17H17.2ClH.Ti/c1-17(2,3)14-8-9-16-13(11-14)10-12-6-4-5-7-15(12)16;;;/h4-9H,10H2,1-3H3;2*1H;/q;;;+2/p-2. The van der Waals surface area contributed by atoms with E-state index in [1.54, 1.807) is 0 Å². The minimum atomic E-state index is -2.18. The van der Waals surface area contributed by atoms with Crippen LogP contribution in [0.3, 0.4) is 0 Å². The number of fused-ring (bicyclic) bond motifs is 3. The van der Waals surface area contributed by atoms with Crippen molar-refractivity contribution in [1.29, 1.82) is 0 Å². The second-order valence-electron chi connectivity index (χ2n) is 6.36. The van der Waals surface area contributed by atoms with Gasteiger partial charge in [-0.3, -0.25) is 0 Å². The zero-order chi connectivity index (χ0) is 14.5. The third kappa shape index (κ3) is 2.37. The Morgan fingerprint density at radius 3 is 2.30 bits per heavy atom. The topological polar surface area (TPSA) is 0 Å². The molecule has 0 radical (unpaired) electrons. The van der Waals surface area contributed by atoms with Gasteiger partial charge in [0.15, 0.2) is 0 Å². The molecule has 0 amide bonds. The number of benzene rings is 2. The van der Waals surface area contributed by atoms with Gasteiger partial charge < -0.3 is 0 Å². The van der Waals surface area contributed by atoms with Crippen LogP contribution in [0.4, 0.5) is 0 Å². The first-order valence-electron chi connectivity index (χ1n) is 6.82. The van der Waals surface area contributed by atoms with Gasteiger partial charge in [0, 0.05) is 0 Å². The second-order valence-corrected chi connectivity index (χ2v) is 11.9. The van der Waals surface area contributed by atoms with Crippen molar-refractivity contribution in [2.75, 3.05) is 0 Å². The summed E-state index contributed by atoms with van der Waals surface area (Å²) in [5.74, 6) is 0. The molecule has 0 bridgehead atoms. The van der Waals surface area contributed by atoms with Crippen LogP contribution in [0.5, 0.6) is 0 Å². The maximum absolute atomic E-state index is 6.47. The van der Waals surface area contributed by atoms with Crippen molar-refractivity contribution in [1.82, 2.24) is 0 Å². The van der Waals surface area contributed by atoms with E-state index in [0.717, 1.165) is 6.42 Å². The molecule has 2 aromatic rings. The van der Waals surface area contributed by atoms with Crippen LogP contribution in [0.25, 0.3) is 11.1 Å². The van der Waals surface area contributed by atoms with Gasteiger partial charge in [-0.25, -0.2) is 0 Å². The van der Waals surface area contributed by atoms with E-state index in [9.17, 15) is 0 Å². The average molecular weight is 340 g/mol. The molecule has 0 fully saturated rings. The Balaban J connectivity index is 2.27. The molecule has 0 atom stereocenters. The fourth-order valence-electron chi connectivity index (χ4n) is 3.05. The summed E-state index contributed by atoms with van der Waals surface area (Å²) in [4.78, 5) is 0. The van der Waals surface area contributed by atoms with Crippen molar-refractivity contribution in [2.45, 2.75) is 32.6 Å². The fraction of sp³-hybridized carbons (Fsp3) is 0.294. The molecular weight excluding hydrogens is 323 g/mol. The second kappa shape index (κ2) is 5.18. The van der Waals surface area contributed by atoms with Gasteiger partial charge in [0.2, 0.25) is 0 Å². The van der Waals surface area contributed by atoms with Crippen molar-refractivity contribution in [3.63, 3.8) is 0 Å². The van der Waals surface area contributed by atoms with Crippen LogP contribution in [0.15, 0.2) is 36.4 Å². The van der Waals surface area contributed by atoms with Crippen LogP contribution in [0.1, 0.15) is 37.5 Å². The van der Waals surface area contributed by atoms with Crippen molar-refractivity contribution < 1.29 is 15.7 Å². The summed E-state index contributed by atoms with van der Waals surface area (Å²) in [6, 6.07) is 13.1. The summed E-state index contributed by atoms with van der Waals surface area (Å²) in [6.45, 7) is 6.69. The molecule has 20 heavy (non-hydrogen) atoms. The van der Waals surface area contributed by atoms with Crippen LogP contribution in [0.2, 0.25) is 0 Å². The van der Waals surface area contributed by atoms with Gasteiger partial charge >= 0.3 is 135 Å². The minimum absolute atomic E-state index is 0.0845. The van der Waals surface area contributed by atoms with E-state index in [1.807, 2.05) is 0 Å². The molecule has 0 N–H and O–H groups in total. The predicted octanol–water partition coefficient (Wildman–Crippen LogP) is 5.11. The average Bonchev–Trinajstić information content (AvgIpc) is 2.74. The third-order valence-electron chi connectivity index (χ3n) is 3.98. The SMILES string of the molecule is CC(C)(C)c1ccc2c([c]1[Ti]([Cl])[Cl])Cc1ccccc1-2. The molecule has 0 heterocycles. The summed E-state index contributed by atoms with van der Waals surface area (Å²) in [6.07, 6.45) is 0.973. The van der Waals surface area contributed by atoms with Gasteiger partial charge in [0.25, 0.3) is 0 Å². The summed E-state index contributed by atoms with van der Waals surface area (Å²) in [5.41, 5.74) is 6.85. The Morgan fingerprint density at radius 1 is 0.950 bits per heavy atom. The van der Waals surface area contributed by atoms with Crippen molar-refractivity contribution in [2.24, 2.45) is 0 Å². The van der Waals surface area contributed by atoms with Crippen LogP contribution in [0, 0.1) is 0 Å². The molecule has 2 aromatic carbocycles. The Morgan fingerprint density at radius 2 is 1.65 bits per heavy atom. The van der Waals surface area contributed by atoms with Crippen LogP contribution >= 0.6 is 18.6 Å². The molecule has 0 saturated carbocycles. The van der Waals surface area contributed by atoms with E-state index in [4.69, 9.17) is 18.6 Å². The Kier molecular flexibility index (Phi) is 3.80. The van der Waals surface area contributed by atoms with Crippen molar-refractivity contribution >= 4 is 22.5 Å². The van der Waals surface area contributed by atoms with Crippen molar-refractivity contribution in [3.8, 4) is 11.1 Å². The quantitative estimate of drug-likeness (QED) is 0.540. The molecule has 1 aliphatic carbocycles. The first-order chi connectivity index (χ1) is 9.39. The molecule has 3 heteroatoms. The van der Waals surface area contributed by atoms with Gasteiger partial charge in [-0.1, -0.05) is 0 Å². The molecule has 0 spiro atoms. The van der Waals surface area contributed by atoms with Crippen LogP contribution in [-0.4, -0.2) is 0 Å². The molecule has 0 aromatic heterocycles. The number of hydrogen-bond donors (Lipinski definition) is 0. The zero-order valence-electron chi connectivity index (χ0n) is 11.9. The molecule has 0 saturated heterocycles. The zero-order valence-corrected chi connectivity index (χ0v) is 15.0. The van der Waals surface area contributed by atoms with E-state index in [-0.39, 0.29) is 5.41 Å². The number of rotatable bonds is 1. The van der Waals surface area contributed by atoms with Gasteiger partial charge in [0.1, 0.15) is 0 Å². The molecule has 3 rings (SSSR count). The van der Waals surface area contributed by atoms with Crippen LogP contribution in [-0.2, 0) is 27.6 Å². The third-order valence-corrected chi connectivity index (χ3v) is 7.03. The van der Waals surface area contributed by atoms with Crippen LogP contribution < -0.4 is 3.87 Å². The molecule has 0 aliphatic heterocycles. The summed E-state index contributed by atoms with van der Waals surface area (Å²) >= 11 is -2.18. The Bertz CT molecular complexity index is 669. The maximum atomic E-state index is 6.47. The fourth-order valence-corrected chi connectivity index (χ4v) is 6.57. The number of halogens is 2. The molecule has 1 aliphatic rings. The Hall–Kier alpha value is -0.266. The summed E-state index contributed by atoms with van der Waals surface area (Å²) < 4.78 is 1.27. The predicted molar refractivity (Wildman–Crippen MR) is 84.7 cm³/mol. The van der Waals surface area contributed by atoms with Gasteiger partial charge in [-0.15, -0.1) is 0 Å². The van der Waals surface area contributed by atoms with Crippen molar-refractivity contribution in [3.05, 3.63) is 53.1 Å². The normalized spacial score (nSPS) is 13.1. The molecule has 103 valence electrons. The van der Waals surface area contributed by atoms with E-state index in [1.165, 1.54) is 31.7 Å². The first-order valence-corrected chi connectivity index (χ1v) is 11.9. The summed E-state index contributed by atoms with van der Waals surface area (Å²) in [7, 11) is 12.9. The molecule has 0 unspecified atom stereocenters. The molecular formula is C17H17Cl2Ti. The first kappa shape index (κ1) is 14.7. The van der Waals surface area contributed by atoms with Gasteiger partial charge in [-0.2, -0.15) is 0 Å². The van der Waals surface area contributed by atoms with Gasteiger partial charge in [0.05, 0.1) is 0 Å². The molecule has 0 nitrogen and oxygen atoms in total. The van der Waals surface area contributed by atoms with E-state index >= 15 is 0 Å². The number of hydrogen-bond acceptors (Lipinski definition) is 0. The van der Waals surface area contributed by atoms with Gasteiger partial charge in [-0.05, 0) is 0 Å². The van der Waals surface area contributed by atoms with E-state index < -0.39 is 15.7 Å². The van der Waals surface area contributed by atoms with E-state index in [2.05, 4.69) is 57.2 Å².